The van der Waals surface area contributed by atoms with Crippen molar-refractivity contribution < 1.29 is 18.0 Å². The van der Waals surface area contributed by atoms with Crippen LogP contribution in [0.3, 0.4) is 0 Å². The van der Waals surface area contributed by atoms with Gasteiger partial charge in [0.15, 0.2) is 5.78 Å². The number of anilines is 1. The molecule has 0 saturated carbocycles. The molecule has 2 aromatic rings. The molecule has 2 aliphatic heterocycles. The van der Waals surface area contributed by atoms with Crippen LogP contribution < -0.4 is 4.90 Å². The summed E-state index contributed by atoms with van der Waals surface area (Å²) in [5.74, 6) is 0.683. The Morgan fingerprint density at radius 3 is 2.15 bits per heavy atom. The van der Waals surface area contributed by atoms with Gasteiger partial charge in [-0.15, -0.1) is 0 Å². The van der Waals surface area contributed by atoms with Crippen LogP contribution in [-0.2, 0) is 14.8 Å². The van der Waals surface area contributed by atoms with Crippen molar-refractivity contribution >= 4 is 27.5 Å². The molecule has 1 amide bonds. The lowest BCUT2D eigenvalue weighted by Gasteiger charge is -2.38. The molecule has 0 aliphatic carbocycles. The Hall–Kier alpha value is -3.29. The van der Waals surface area contributed by atoms with Gasteiger partial charge in [-0.2, -0.15) is 9.57 Å². The summed E-state index contributed by atoms with van der Waals surface area (Å²) in [7, 11) is -3.67. The van der Waals surface area contributed by atoms with Crippen molar-refractivity contribution in [2.24, 2.45) is 5.92 Å². The minimum Gasteiger partial charge on any atom is -0.357 e. The number of carbonyl (C=O) groups is 2. The zero-order valence-electron chi connectivity index (χ0n) is 19.1. The molecule has 2 aliphatic rings. The van der Waals surface area contributed by atoms with Crippen molar-refractivity contribution in [1.29, 1.82) is 5.26 Å². The van der Waals surface area contributed by atoms with Crippen molar-refractivity contribution in [2.45, 2.75) is 24.7 Å². The van der Waals surface area contributed by atoms with Gasteiger partial charge in [0.1, 0.15) is 11.9 Å². The highest BCUT2D eigenvalue weighted by atomic mass is 32.2. The zero-order valence-corrected chi connectivity index (χ0v) is 19.9. The van der Waals surface area contributed by atoms with E-state index < -0.39 is 10.0 Å². The van der Waals surface area contributed by atoms with E-state index in [1.165, 1.54) is 35.5 Å². The molecule has 1 aromatic heterocycles. The van der Waals surface area contributed by atoms with Crippen molar-refractivity contribution in [1.82, 2.24) is 14.2 Å². The third-order valence-corrected chi connectivity index (χ3v) is 8.41. The van der Waals surface area contributed by atoms with E-state index in [1.54, 1.807) is 17.2 Å². The second-order valence-corrected chi connectivity index (χ2v) is 10.5. The molecular formula is C24H27N5O4S. The minimum atomic E-state index is -3.67. The van der Waals surface area contributed by atoms with E-state index >= 15 is 0 Å². The van der Waals surface area contributed by atoms with Crippen LogP contribution in [0.4, 0.5) is 5.82 Å². The van der Waals surface area contributed by atoms with Crippen LogP contribution in [0.5, 0.6) is 0 Å². The first-order valence-corrected chi connectivity index (χ1v) is 12.7. The third-order valence-electron chi connectivity index (χ3n) is 6.49. The number of ketones is 1. The molecule has 0 atom stereocenters. The predicted molar refractivity (Wildman–Crippen MR) is 126 cm³/mol. The standard InChI is InChI=1S/C24H27N5O4S/c1-18(30)20-3-5-22(6-4-20)34(32,33)29-14-12-28(13-15-29)24(31)21-8-10-27(11-9-21)23-7-2-19(16-25)17-26-23/h2-7,17,21H,8-15H2,1H3. The van der Waals surface area contributed by atoms with Crippen molar-refractivity contribution in [3.05, 3.63) is 53.7 Å². The van der Waals surface area contributed by atoms with Gasteiger partial charge < -0.3 is 9.80 Å². The molecule has 0 bridgehead atoms. The number of nitrogens with zero attached hydrogens (tertiary/aromatic N) is 5. The summed E-state index contributed by atoms with van der Waals surface area (Å²) in [5, 5.41) is 8.91. The Labute approximate surface area is 199 Å². The van der Waals surface area contributed by atoms with Gasteiger partial charge in [0.25, 0.3) is 0 Å². The maximum atomic E-state index is 13.1. The molecule has 2 saturated heterocycles. The summed E-state index contributed by atoms with van der Waals surface area (Å²) >= 11 is 0. The van der Waals surface area contributed by atoms with Crippen molar-refractivity contribution in [2.75, 3.05) is 44.2 Å². The first-order chi connectivity index (χ1) is 16.3. The van der Waals surface area contributed by atoms with Gasteiger partial charge in [-0.05, 0) is 44.0 Å². The number of hydrogen-bond donors (Lipinski definition) is 0. The van der Waals surface area contributed by atoms with Gasteiger partial charge >= 0.3 is 0 Å². The number of benzene rings is 1. The van der Waals surface area contributed by atoms with E-state index in [-0.39, 0.29) is 35.6 Å². The Morgan fingerprint density at radius 1 is 0.971 bits per heavy atom. The fourth-order valence-corrected chi connectivity index (χ4v) is 5.83. The van der Waals surface area contributed by atoms with Crippen LogP contribution in [0.1, 0.15) is 35.7 Å². The average molecular weight is 482 g/mol. The summed E-state index contributed by atoms with van der Waals surface area (Å²) in [6.45, 7) is 4.07. The van der Waals surface area contributed by atoms with Crippen LogP contribution in [-0.4, -0.2) is 73.6 Å². The molecule has 34 heavy (non-hydrogen) atoms. The first-order valence-electron chi connectivity index (χ1n) is 11.3. The summed E-state index contributed by atoms with van der Waals surface area (Å²) in [6, 6.07) is 11.6. The number of piperazine rings is 1. The lowest BCUT2D eigenvalue weighted by molar-refractivity contribution is -0.137. The topological polar surface area (TPSA) is 115 Å². The van der Waals surface area contributed by atoms with Crippen LogP contribution >= 0.6 is 0 Å². The first kappa shape index (κ1) is 23.9. The minimum absolute atomic E-state index is 0.0790. The maximum Gasteiger partial charge on any atom is 0.243 e. The highest BCUT2D eigenvalue weighted by Gasteiger charge is 2.34. The summed E-state index contributed by atoms with van der Waals surface area (Å²) < 4.78 is 27.3. The third kappa shape index (κ3) is 4.95. The maximum absolute atomic E-state index is 13.1. The normalized spacial score (nSPS) is 17.9. The number of Topliss-reactive ketones (excluding diaryl/α,β-unsaturated/α-hetero) is 1. The Kier molecular flexibility index (Phi) is 6.95. The molecule has 3 heterocycles. The Balaban J connectivity index is 1.30. The lowest BCUT2D eigenvalue weighted by atomic mass is 9.95. The van der Waals surface area contributed by atoms with E-state index in [1.807, 2.05) is 6.07 Å². The highest BCUT2D eigenvalue weighted by molar-refractivity contribution is 7.89. The van der Waals surface area contributed by atoms with E-state index in [9.17, 15) is 18.0 Å². The van der Waals surface area contributed by atoms with Gasteiger partial charge in [0.2, 0.25) is 15.9 Å². The zero-order chi connectivity index (χ0) is 24.3. The van der Waals surface area contributed by atoms with Crippen molar-refractivity contribution in [3.8, 4) is 6.07 Å². The van der Waals surface area contributed by atoms with E-state index in [0.717, 1.165) is 5.82 Å². The molecule has 2 fully saturated rings. The lowest BCUT2D eigenvalue weighted by Crippen LogP contribution is -2.52. The average Bonchev–Trinajstić information content (AvgIpc) is 2.88. The monoisotopic (exact) mass is 481 g/mol. The van der Waals surface area contributed by atoms with Gasteiger partial charge in [-0.1, -0.05) is 12.1 Å². The molecule has 0 N–H and O–H groups in total. The molecule has 178 valence electrons. The number of pyridine rings is 1. The van der Waals surface area contributed by atoms with Crippen LogP contribution in [0.15, 0.2) is 47.5 Å². The quantitative estimate of drug-likeness (QED) is 0.599. The predicted octanol–water partition coefficient (Wildman–Crippen LogP) is 1.91. The number of amides is 1. The largest absolute Gasteiger partial charge is 0.357 e. The summed E-state index contributed by atoms with van der Waals surface area (Å²) in [5.41, 5.74) is 0.985. The number of aromatic nitrogens is 1. The van der Waals surface area contributed by atoms with Crippen LogP contribution in [0, 0.1) is 17.2 Å². The fraction of sp³-hybridized carbons (Fsp3) is 0.417. The highest BCUT2D eigenvalue weighted by Crippen LogP contribution is 2.25. The second-order valence-electron chi connectivity index (χ2n) is 8.59. The van der Waals surface area contributed by atoms with Crippen molar-refractivity contribution in [3.63, 3.8) is 0 Å². The summed E-state index contributed by atoms with van der Waals surface area (Å²) in [4.78, 5) is 32.9. The van der Waals surface area contributed by atoms with Crippen LogP contribution in [0.25, 0.3) is 0 Å². The van der Waals surface area contributed by atoms with Gasteiger partial charge in [-0.3, -0.25) is 9.59 Å². The fourth-order valence-electron chi connectivity index (χ4n) is 4.41. The molecular weight excluding hydrogens is 454 g/mol. The molecule has 1 aromatic carbocycles. The number of hydrogen-bond acceptors (Lipinski definition) is 7. The number of sulfonamides is 1. The molecule has 9 nitrogen and oxygen atoms in total. The van der Waals surface area contributed by atoms with Gasteiger partial charge in [-0.25, -0.2) is 13.4 Å². The molecule has 4 rings (SSSR count). The number of nitriles is 1. The molecule has 10 heteroatoms. The van der Waals surface area contributed by atoms with Gasteiger partial charge in [0.05, 0.1) is 10.5 Å². The molecule has 0 radical (unpaired) electrons. The Morgan fingerprint density at radius 2 is 1.62 bits per heavy atom. The van der Waals surface area contributed by atoms with E-state index in [0.29, 0.717) is 50.1 Å². The van der Waals surface area contributed by atoms with E-state index in [2.05, 4.69) is 16.0 Å². The SMILES string of the molecule is CC(=O)c1ccc(S(=O)(=O)N2CCN(C(=O)C3CCN(c4ccc(C#N)cn4)CC3)CC2)cc1. The smallest absolute Gasteiger partial charge is 0.243 e. The Bertz CT molecular complexity index is 1190. The summed E-state index contributed by atoms with van der Waals surface area (Å²) in [6.07, 6.45) is 2.97. The van der Waals surface area contributed by atoms with E-state index in [4.69, 9.17) is 5.26 Å². The van der Waals surface area contributed by atoms with Crippen LogP contribution in [0.2, 0.25) is 0 Å². The number of rotatable bonds is 5. The number of carbonyl (C=O) groups excluding carboxylic acids is 2. The number of piperidine rings is 1. The van der Waals surface area contributed by atoms with Gasteiger partial charge in [0, 0.05) is 56.9 Å². The molecule has 0 unspecified atom stereocenters. The molecule has 0 spiro atoms. The second kappa shape index (κ2) is 9.91.